The second kappa shape index (κ2) is 6.52. The van der Waals surface area contributed by atoms with E-state index >= 15 is 0 Å². The van der Waals surface area contributed by atoms with E-state index in [4.69, 9.17) is 4.74 Å². The highest BCUT2D eigenvalue weighted by molar-refractivity contribution is 9.10. The van der Waals surface area contributed by atoms with E-state index in [2.05, 4.69) is 61.1 Å². The number of rotatable bonds is 4. The van der Waals surface area contributed by atoms with Crippen molar-refractivity contribution < 1.29 is 4.74 Å². The topological polar surface area (TPSA) is 21.3 Å². The normalized spacial score (nSPS) is 12.1. The van der Waals surface area contributed by atoms with E-state index in [1.54, 1.807) is 7.11 Å². The summed E-state index contributed by atoms with van der Waals surface area (Å²) >= 11 is 3.59. The van der Waals surface area contributed by atoms with Crippen molar-refractivity contribution in [1.82, 2.24) is 0 Å². The Kier molecular flexibility index (Phi) is 4.94. The fourth-order valence-electron chi connectivity index (χ4n) is 2.92. The number of hydrogen-bond acceptors (Lipinski definition) is 2. The Morgan fingerprint density at radius 1 is 1.05 bits per heavy atom. The van der Waals surface area contributed by atoms with E-state index < -0.39 is 0 Å². The van der Waals surface area contributed by atoms with Crippen molar-refractivity contribution in [2.45, 2.75) is 33.7 Å². The van der Waals surface area contributed by atoms with Gasteiger partial charge in [0, 0.05) is 16.6 Å². The quantitative estimate of drug-likeness (QED) is 0.781. The SMILES string of the molecule is COc1ccc(Br)c(NC(C)c2c(C)cc(C)cc2C)c1. The fourth-order valence-corrected chi connectivity index (χ4v) is 3.28. The summed E-state index contributed by atoms with van der Waals surface area (Å²) in [6.45, 7) is 8.68. The molecule has 0 fully saturated rings. The molecule has 0 aliphatic rings. The summed E-state index contributed by atoms with van der Waals surface area (Å²) in [4.78, 5) is 0. The maximum Gasteiger partial charge on any atom is 0.121 e. The molecule has 21 heavy (non-hydrogen) atoms. The first-order chi connectivity index (χ1) is 9.92. The molecular formula is C18H22BrNO. The molecule has 2 rings (SSSR count). The largest absolute Gasteiger partial charge is 0.497 e. The first-order valence-corrected chi connectivity index (χ1v) is 7.89. The van der Waals surface area contributed by atoms with Gasteiger partial charge in [0.15, 0.2) is 0 Å². The molecule has 0 saturated heterocycles. The smallest absolute Gasteiger partial charge is 0.121 e. The fraction of sp³-hybridized carbons (Fsp3) is 0.333. The van der Waals surface area contributed by atoms with Crippen LogP contribution >= 0.6 is 15.9 Å². The maximum absolute atomic E-state index is 5.30. The average Bonchev–Trinajstić information content (AvgIpc) is 2.40. The van der Waals surface area contributed by atoms with Gasteiger partial charge in [-0.05, 0) is 72.4 Å². The van der Waals surface area contributed by atoms with Gasteiger partial charge in [0.25, 0.3) is 0 Å². The molecule has 0 spiro atoms. The second-order valence-corrected chi connectivity index (χ2v) is 6.38. The molecule has 0 radical (unpaired) electrons. The van der Waals surface area contributed by atoms with Crippen molar-refractivity contribution in [3.05, 3.63) is 57.1 Å². The van der Waals surface area contributed by atoms with Gasteiger partial charge in [-0.2, -0.15) is 0 Å². The summed E-state index contributed by atoms with van der Waals surface area (Å²) in [5.74, 6) is 0.852. The van der Waals surface area contributed by atoms with Gasteiger partial charge in [0.2, 0.25) is 0 Å². The minimum Gasteiger partial charge on any atom is -0.497 e. The molecule has 0 aliphatic heterocycles. The third kappa shape index (κ3) is 3.59. The Morgan fingerprint density at radius 3 is 2.24 bits per heavy atom. The molecular weight excluding hydrogens is 326 g/mol. The zero-order valence-electron chi connectivity index (χ0n) is 13.3. The summed E-state index contributed by atoms with van der Waals surface area (Å²) in [6.07, 6.45) is 0. The molecule has 0 amide bonds. The highest BCUT2D eigenvalue weighted by Crippen LogP contribution is 2.32. The number of aryl methyl sites for hydroxylation is 3. The lowest BCUT2D eigenvalue weighted by Gasteiger charge is -2.22. The molecule has 0 heterocycles. The molecule has 0 aliphatic carbocycles. The molecule has 1 atom stereocenters. The van der Waals surface area contributed by atoms with E-state index in [0.717, 1.165) is 15.9 Å². The van der Waals surface area contributed by atoms with Gasteiger partial charge in [-0.15, -0.1) is 0 Å². The Labute approximate surface area is 135 Å². The molecule has 112 valence electrons. The molecule has 2 aromatic carbocycles. The zero-order valence-corrected chi connectivity index (χ0v) is 14.8. The highest BCUT2D eigenvalue weighted by Gasteiger charge is 2.13. The number of benzene rings is 2. The van der Waals surface area contributed by atoms with Crippen LogP contribution in [0.25, 0.3) is 0 Å². The Balaban J connectivity index is 2.32. The van der Waals surface area contributed by atoms with Crippen LogP contribution in [0.2, 0.25) is 0 Å². The lowest BCUT2D eigenvalue weighted by atomic mass is 9.95. The summed E-state index contributed by atoms with van der Waals surface area (Å²) in [5.41, 5.74) is 6.36. The molecule has 2 nitrogen and oxygen atoms in total. The minimum atomic E-state index is 0.231. The predicted octanol–water partition coefficient (Wildman–Crippen LogP) is 5.56. The van der Waals surface area contributed by atoms with Gasteiger partial charge in [-0.25, -0.2) is 0 Å². The lowest BCUT2D eigenvalue weighted by Crippen LogP contribution is -2.10. The van der Waals surface area contributed by atoms with Crippen molar-refractivity contribution in [2.75, 3.05) is 12.4 Å². The summed E-state index contributed by atoms with van der Waals surface area (Å²) in [7, 11) is 1.69. The first kappa shape index (κ1) is 15.9. The third-order valence-corrected chi connectivity index (χ3v) is 4.41. The maximum atomic E-state index is 5.30. The van der Waals surface area contributed by atoms with Crippen molar-refractivity contribution >= 4 is 21.6 Å². The van der Waals surface area contributed by atoms with Crippen LogP contribution in [0.15, 0.2) is 34.8 Å². The van der Waals surface area contributed by atoms with Gasteiger partial charge in [0.1, 0.15) is 5.75 Å². The van der Waals surface area contributed by atoms with Crippen LogP contribution < -0.4 is 10.1 Å². The molecule has 1 N–H and O–H groups in total. The second-order valence-electron chi connectivity index (χ2n) is 5.52. The molecule has 0 aromatic heterocycles. The molecule has 1 unspecified atom stereocenters. The van der Waals surface area contributed by atoms with Crippen LogP contribution in [-0.4, -0.2) is 7.11 Å². The van der Waals surface area contributed by atoms with Crippen molar-refractivity contribution in [3.63, 3.8) is 0 Å². The van der Waals surface area contributed by atoms with Crippen LogP contribution in [0.3, 0.4) is 0 Å². The Bertz CT molecular complexity index is 629. The Hall–Kier alpha value is -1.48. The molecule has 3 heteroatoms. The number of ether oxygens (including phenoxy) is 1. The summed E-state index contributed by atoms with van der Waals surface area (Å²) in [6, 6.07) is 10.7. The summed E-state index contributed by atoms with van der Waals surface area (Å²) in [5, 5.41) is 3.58. The number of anilines is 1. The van der Waals surface area contributed by atoms with Crippen LogP contribution in [0.5, 0.6) is 5.75 Å². The van der Waals surface area contributed by atoms with Gasteiger partial charge >= 0.3 is 0 Å². The first-order valence-electron chi connectivity index (χ1n) is 7.10. The average molecular weight is 348 g/mol. The highest BCUT2D eigenvalue weighted by atomic mass is 79.9. The van der Waals surface area contributed by atoms with E-state index in [-0.39, 0.29) is 6.04 Å². The van der Waals surface area contributed by atoms with Gasteiger partial charge in [0.05, 0.1) is 12.8 Å². The van der Waals surface area contributed by atoms with E-state index in [9.17, 15) is 0 Å². The van der Waals surface area contributed by atoms with Crippen LogP contribution in [0.1, 0.15) is 35.2 Å². The van der Waals surface area contributed by atoms with Gasteiger partial charge in [-0.3, -0.25) is 0 Å². The van der Waals surface area contributed by atoms with Gasteiger partial charge < -0.3 is 10.1 Å². The van der Waals surface area contributed by atoms with Crippen LogP contribution in [0.4, 0.5) is 5.69 Å². The third-order valence-electron chi connectivity index (χ3n) is 3.72. The van der Waals surface area contributed by atoms with Crippen LogP contribution in [-0.2, 0) is 0 Å². The standard InChI is InChI=1S/C18H22BrNO/c1-11-8-12(2)18(13(3)9-11)14(4)20-17-10-15(21-5)6-7-16(17)19/h6-10,14,20H,1-5H3. The number of nitrogens with one attached hydrogen (secondary N) is 1. The number of methoxy groups -OCH3 is 1. The monoisotopic (exact) mass is 347 g/mol. The van der Waals surface area contributed by atoms with Crippen molar-refractivity contribution in [3.8, 4) is 5.75 Å². The lowest BCUT2D eigenvalue weighted by molar-refractivity contribution is 0.415. The number of hydrogen-bond donors (Lipinski definition) is 1. The van der Waals surface area contributed by atoms with E-state index in [1.165, 1.54) is 22.3 Å². The molecule has 0 bridgehead atoms. The van der Waals surface area contributed by atoms with Crippen LogP contribution in [0, 0.1) is 20.8 Å². The summed E-state index contributed by atoms with van der Waals surface area (Å²) < 4.78 is 6.34. The van der Waals surface area contributed by atoms with Crippen molar-refractivity contribution in [1.29, 1.82) is 0 Å². The number of halogens is 1. The zero-order chi connectivity index (χ0) is 15.6. The van der Waals surface area contributed by atoms with Gasteiger partial charge in [-0.1, -0.05) is 17.7 Å². The molecule has 0 saturated carbocycles. The van der Waals surface area contributed by atoms with E-state index in [0.29, 0.717) is 0 Å². The molecule has 2 aromatic rings. The minimum absolute atomic E-state index is 0.231. The Morgan fingerprint density at radius 2 is 1.67 bits per heavy atom. The predicted molar refractivity (Wildman–Crippen MR) is 93.4 cm³/mol. The van der Waals surface area contributed by atoms with E-state index in [1.807, 2.05) is 18.2 Å². The van der Waals surface area contributed by atoms with Crippen molar-refractivity contribution in [2.24, 2.45) is 0 Å².